The van der Waals surface area contributed by atoms with E-state index >= 15 is 0 Å². The number of halogens is 1. The summed E-state index contributed by atoms with van der Waals surface area (Å²) in [7, 11) is -3.53. The maximum absolute atomic E-state index is 12.7. The molecule has 0 bridgehead atoms. The van der Waals surface area contributed by atoms with Crippen molar-refractivity contribution in [3.05, 3.63) is 52.4 Å². The van der Waals surface area contributed by atoms with Gasteiger partial charge < -0.3 is 4.42 Å². The molecule has 2 aromatic rings. The molecule has 0 saturated heterocycles. The Balaban J connectivity index is 2.36. The Bertz CT molecular complexity index is 680. The van der Waals surface area contributed by atoms with Crippen LogP contribution in [0.5, 0.6) is 0 Å². The summed E-state index contributed by atoms with van der Waals surface area (Å²) in [5, 5.41) is 0. The molecule has 0 spiro atoms. The van der Waals surface area contributed by atoms with Gasteiger partial charge >= 0.3 is 0 Å². The van der Waals surface area contributed by atoms with Crippen LogP contribution in [0.15, 0.2) is 50.6 Å². The standard InChI is InChI=1S/C14H16BrNO3S/c1-3-16(9-12-6-7-19-10-12)20(17,18)14-5-4-11(2)8-13(14)15/h4-8,10H,3,9H2,1-2H3. The molecule has 20 heavy (non-hydrogen) atoms. The average molecular weight is 358 g/mol. The smallest absolute Gasteiger partial charge is 0.244 e. The quantitative estimate of drug-likeness (QED) is 0.821. The van der Waals surface area contributed by atoms with E-state index in [9.17, 15) is 8.42 Å². The summed E-state index contributed by atoms with van der Waals surface area (Å²) in [6.07, 6.45) is 3.10. The molecule has 0 saturated carbocycles. The molecule has 1 aromatic carbocycles. The third-order valence-electron chi connectivity index (χ3n) is 3.00. The molecule has 0 atom stereocenters. The van der Waals surface area contributed by atoms with Crippen molar-refractivity contribution in [1.29, 1.82) is 0 Å². The van der Waals surface area contributed by atoms with E-state index in [2.05, 4.69) is 15.9 Å². The van der Waals surface area contributed by atoms with Gasteiger partial charge in [0.2, 0.25) is 10.0 Å². The van der Waals surface area contributed by atoms with Crippen LogP contribution < -0.4 is 0 Å². The molecule has 108 valence electrons. The van der Waals surface area contributed by atoms with E-state index in [1.54, 1.807) is 30.5 Å². The van der Waals surface area contributed by atoms with Gasteiger partial charge in [-0.05, 0) is 46.6 Å². The molecule has 4 nitrogen and oxygen atoms in total. The Kier molecular flexibility index (Phi) is 4.67. The molecule has 1 heterocycles. The second-order valence-electron chi connectivity index (χ2n) is 4.50. The van der Waals surface area contributed by atoms with Crippen molar-refractivity contribution in [2.75, 3.05) is 6.54 Å². The number of rotatable bonds is 5. The van der Waals surface area contributed by atoms with Crippen LogP contribution >= 0.6 is 15.9 Å². The van der Waals surface area contributed by atoms with Gasteiger partial charge in [-0.1, -0.05) is 13.0 Å². The van der Waals surface area contributed by atoms with Gasteiger partial charge in [-0.25, -0.2) is 8.42 Å². The summed E-state index contributed by atoms with van der Waals surface area (Å²) in [6.45, 7) is 4.44. The average Bonchev–Trinajstić information content (AvgIpc) is 2.88. The van der Waals surface area contributed by atoms with Crippen molar-refractivity contribution in [3.8, 4) is 0 Å². The van der Waals surface area contributed by atoms with E-state index in [-0.39, 0.29) is 4.90 Å². The van der Waals surface area contributed by atoms with Gasteiger partial charge in [0.15, 0.2) is 0 Å². The van der Waals surface area contributed by atoms with E-state index in [0.717, 1.165) is 11.1 Å². The first-order valence-electron chi connectivity index (χ1n) is 6.22. The first-order valence-corrected chi connectivity index (χ1v) is 8.46. The topological polar surface area (TPSA) is 50.5 Å². The molecule has 1 aromatic heterocycles. The number of nitrogens with zero attached hydrogens (tertiary/aromatic N) is 1. The van der Waals surface area contributed by atoms with Gasteiger partial charge in [0.1, 0.15) is 0 Å². The maximum atomic E-state index is 12.7. The third-order valence-corrected chi connectivity index (χ3v) is 5.89. The molecule has 0 aliphatic carbocycles. The molecule has 6 heteroatoms. The molecule has 0 aliphatic rings. The zero-order valence-corrected chi connectivity index (χ0v) is 13.7. The van der Waals surface area contributed by atoms with Gasteiger partial charge in [-0.15, -0.1) is 0 Å². The van der Waals surface area contributed by atoms with Gasteiger partial charge in [-0.3, -0.25) is 0 Å². The summed E-state index contributed by atoms with van der Waals surface area (Å²) < 4.78 is 32.4. The number of hydrogen-bond acceptors (Lipinski definition) is 3. The van der Waals surface area contributed by atoms with Crippen LogP contribution in [-0.2, 0) is 16.6 Å². The second kappa shape index (κ2) is 6.11. The van der Waals surface area contributed by atoms with Crippen molar-refractivity contribution in [2.24, 2.45) is 0 Å². The summed E-state index contributed by atoms with van der Waals surface area (Å²) in [5.74, 6) is 0. The van der Waals surface area contributed by atoms with Crippen molar-refractivity contribution >= 4 is 26.0 Å². The van der Waals surface area contributed by atoms with E-state index in [1.165, 1.54) is 10.6 Å². The van der Waals surface area contributed by atoms with Crippen LogP contribution in [0.2, 0.25) is 0 Å². The van der Waals surface area contributed by atoms with Gasteiger partial charge in [0.25, 0.3) is 0 Å². The molecule has 0 radical (unpaired) electrons. The van der Waals surface area contributed by atoms with E-state index in [4.69, 9.17) is 4.42 Å². The fraction of sp³-hybridized carbons (Fsp3) is 0.286. The van der Waals surface area contributed by atoms with E-state index < -0.39 is 10.0 Å². The fourth-order valence-corrected chi connectivity index (χ4v) is 4.50. The Hall–Kier alpha value is -1.11. The monoisotopic (exact) mass is 357 g/mol. The zero-order chi connectivity index (χ0) is 14.8. The zero-order valence-electron chi connectivity index (χ0n) is 11.3. The van der Waals surface area contributed by atoms with Crippen molar-refractivity contribution in [3.63, 3.8) is 0 Å². The SMILES string of the molecule is CCN(Cc1ccoc1)S(=O)(=O)c1ccc(C)cc1Br. The van der Waals surface area contributed by atoms with E-state index in [0.29, 0.717) is 17.6 Å². The molecule has 0 unspecified atom stereocenters. The predicted molar refractivity (Wildman–Crippen MR) is 80.9 cm³/mol. The summed E-state index contributed by atoms with van der Waals surface area (Å²) in [5.41, 5.74) is 1.84. The molecular formula is C14H16BrNO3S. The minimum Gasteiger partial charge on any atom is -0.472 e. The number of furan rings is 1. The lowest BCUT2D eigenvalue weighted by molar-refractivity contribution is 0.421. The molecule has 2 rings (SSSR count). The first kappa shape index (κ1) is 15.3. The van der Waals surface area contributed by atoms with Crippen molar-refractivity contribution < 1.29 is 12.8 Å². The summed E-state index contributed by atoms with van der Waals surface area (Å²) in [6, 6.07) is 7.00. The van der Waals surface area contributed by atoms with Crippen molar-refractivity contribution in [1.82, 2.24) is 4.31 Å². The summed E-state index contributed by atoms with van der Waals surface area (Å²) >= 11 is 3.33. The molecule has 0 N–H and O–H groups in total. The Morgan fingerprint density at radius 3 is 2.60 bits per heavy atom. The van der Waals surface area contributed by atoms with Crippen LogP contribution in [0.4, 0.5) is 0 Å². The van der Waals surface area contributed by atoms with Crippen LogP contribution in [0.3, 0.4) is 0 Å². The normalized spacial score (nSPS) is 12.0. The molecule has 0 aliphatic heterocycles. The summed E-state index contributed by atoms with van der Waals surface area (Å²) in [4.78, 5) is 0.286. The highest BCUT2D eigenvalue weighted by Crippen LogP contribution is 2.27. The number of benzene rings is 1. The Morgan fingerprint density at radius 2 is 2.05 bits per heavy atom. The second-order valence-corrected chi connectivity index (χ2v) is 7.26. The Labute approximate surface area is 127 Å². The highest BCUT2D eigenvalue weighted by Gasteiger charge is 2.25. The minimum atomic E-state index is -3.53. The Morgan fingerprint density at radius 1 is 1.30 bits per heavy atom. The number of aryl methyl sites for hydroxylation is 1. The van der Waals surface area contributed by atoms with Crippen LogP contribution in [-0.4, -0.2) is 19.3 Å². The lowest BCUT2D eigenvalue weighted by Gasteiger charge is -2.20. The third kappa shape index (κ3) is 3.13. The van der Waals surface area contributed by atoms with Gasteiger partial charge in [-0.2, -0.15) is 4.31 Å². The molecule has 0 amide bonds. The molecule has 0 fully saturated rings. The largest absolute Gasteiger partial charge is 0.472 e. The first-order chi connectivity index (χ1) is 9.45. The van der Waals surface area contributed by atoms with Crippen molar-refractivity contribution in [2.45, 2.75) is 25.3 Å². The fourth-order valence-electron chi connectivity index (χ4n) is 1.91. The maximum Gasteiger partial charge on any atom is 0.244 e. The highest BCUT2D eigenvalue weighted by molar-refractivity contribution is 9.10. The lowest BCUT2D eigenvalue weighted by atomic mass is 10.2. The van der Waals surface area contributed by atoms with Crippen LogP contribution in [0.25, 0.3) is 0 Å². The van der Waals surface area contributed by atoms with E-state index in [1.807, 2.05) is 13.8 Å². The van der Waals surface area contributed by atoms with Crippen LogP contribution in [0.1, 0.15) is 18.1 Å². The van der Waals surface area contributed by atoms with Crippen LogP contribution in [0, 0.1) is 6.92 Å². The lowest BCUT2D eigenvalue weighted by Crippen LogP contribution is -2.30. The number of hydrogen-bond donors (Lipinski definition) is 0. The highest BCUT2D eigenvalue weighted by atomic mass is 79.9. The van der Waals surface area contributed by atoms with Gasteiger partial charge in [0.05, 0.1) is 17.4 Å². The predicted octanol–water partition coefficient (Wildman–Crippen LogP) is 3.56. The number of sulfonamides is 1. The molecular weight excluding hydrogens is 342 g/mol. The minimum absolute atomic E-state index is 0.286. The van der Waals surface area contributed by atoms with Gasteiger partial charge in [0, 0.05) is 23.1 Å².